The van der Waals surface area contributed by atoms with Crippen molar-refractivity contribution in [3.8, 4) is 0 Å². The molecule has 2 atom stereocenters. The Morgan fingerprint density at radius 1 is 1.43 bits per heavy atom. The molecule has 4 nitrogen and oxygen atoms in total. The van der Waals surface area contributed by atoms with Crippen molar-refractivity contribution < 1.29 is 0 Å². The average molecular weight is 345 g/mol. The molecule has 1 fully saturated rings. The topological polar surface area (TPSA) is 32.3 Å². The van der Waals surface area contributed by atoms with Gasteiger partial charge in [0, 0.05) is 35.6 Å². The van der Waals surface area contributed by atoms with E-state index in [0.717, 1.165) is 42.0 Å². The lowest BCUT2D eigenvalue weighted by Gasteiger charge is -2.31. The summed E-state index contributed by atoms with van der Waals surface area (Å²) >= 11 is 10.1. The lowest BCUT2D eigenvalue weighted by Crippen LogP contribution is -2.36. The highest BCUT2D eigenvalue weighted by Crippen LogP contribution is 2.50. The molecular formula is C14H21ClN4S2. The molecule has 1 aromatic heterocycles. The molecule has 1 saturated heterocycles. The smallest absolute Gasteiger partial charge is 0.190 e. The van der Waals surface area contributed by atoms with Crippen molar-refractivity contribution in [2.75, 3.05) is 46.5 Å². The van der Waals surface area contributed by atoms with Gasteiger partial charge in [0.15, 0.2) is 5.16 Å². The second kappa shape index (κ2) is 6.62. The van der Waals surface area contributed by atoms with Gasteiger partial charge in [0.05, 0.1) is 0 Å². The molecule has 0 N–H and O–H groups in total. The molecule has 116 valence electrons. The van der Waals surface area contributed by atoms with Crippen LogP contribution in [0.25, 0.3) is 0 Å². The lowest BCUT2D eigenvalue weighted by atomic mass is 9.91. The van der Waals surface area contributed by atoms with Crippen molar-refractivity contribution >= 4 is 35.1 Å². The zero-order valence-corrected chi connectivity index (χ0v) is 15.1. The van der Waals surface area contributed by atoms with Gasteiger partial charge in [-0.05, 0) is 34.1 Å². The van der Waals surface area contributed by atoms with E-state index in [9.17, 15) is 0 Å². The predicted molar refractivity (Wildman–Crippen MR) is 90.8 cm³/mol. The van der Waals surface area contributed by atoms with Crippen LogP contribution < -0.4 is 0 Å². The minimum atomic E-state index is 0.537. The Morgan fingerprint density at radius 2 is 2.24 bits per heavy atom. The van der Waals surface area contributed by atoms with Gasteiger partial charge in [0.25, 0.3) is 0 Å². The highest BCUT2D eigenvalue weighted by molar-refractivity contribution is 8.00. The molecule has 3 rings (SSSR count). The van der Waals surface area contributed by atoms with Crippen LogP contribution in [0.1, 0.15) is 17.9 Å². The Morgan fingerprint density at radius 3 is 3.00 bits per heavy atom. The monoisotopic (exact) mass is 344 g/mol. The van der Waals surface area contributed by atoms with Crippen molar-refractivity contribution in [3.63, 3.8) is 0 Å². The zero-order valence-electron chi connectivity index (χ0n) is 12.7. The number of piperidine rings is 1. The number of hydrogen-bond acceptors (Lipinski definition) is 6. The highest BCUT2D eigenvalue weighted by atomic mass is 35.5. The summed E-state index contributed by atoms with van der Waals surface area (Å²) in [6.07, 6.45) is 1.16. The van der Waals surface area contributed by atoms with E-state index in [0.29, 0.717) is 16.3 Å². The van der Waals surface area contributed by atoms with E-state index in [1.165, 1.54) is 5.56 Å². The molecule has 3 heterocycles. The highest BCUT2D eigenvalue weighted by Gasteiger charge is 2.40. The summed E-state index contributed by atoms with van der Waals surface area (Å²) in [7, 11) is 6.35. The first kappa shape index (κ1) is 15.9. The maximum absolute atomic E-state index is 6.47. The van der Waals surface area contributed by atoms with E-state index < -0.39 is 0 Å². The van der Waals surface area contributed by atoms with Crippen molar-refractivity contribution in [3.05, 3.63) is 10.7 Å². The molecule has 0 saturated carbocycles. The molecule has 1 aromatic rings. The van der Waals surface area contributed by atoms with Crippen molar-refractivity contribution in [2.24, 2.45) is 0 Å². The van der Waals surface area contributed by atoms with Gasteiger partial charge in [-0.25, -0.2) is 9.97 Å². The number of thioether (sulfide) groups is 2. The number of likely N-dealkylation sites (tertiary alicyclic amines) is 1. The average Bonchev–Trinajstić information content (AvgIpc) is 2.75. The van der Waals surface area contributed by atoms with Crippen LogP contribution in [0.4, 0.5) is 0 Å². The summed E-state index contributed by atoms with van der Waals surface area (Å²) in [5.41, 5.74) is 1.21. The fourth-order valence-corrected chi connectivity index (χ4v) is 5.84. The van der Waals surface area contributed by atoms with Crippen LogP contribution in [0.3, 0.4) is 0 Å². The van der Waals surface area contributed by atoms with Crippen molar-refractivity contribution in [1.29, 1.82) is 0 Å². The molecule has 7 heteroatoms. The van der Waals surface area contributed by atoms with Crippen molar-refractivity contribution in [2.45, 2.75) is 27.8 Å². The summed E-state index contributed by atoms with van der Waals surface area (Å²) in [4.78, 5) is 13.8. The molecular weight excluding hydrogens is 324 g/mol. The SMILES string of the molecule is CN(C)CCSc1nc(Cl)c2c(n1)SC1CN(C)CCC21. The largest absolute Gasteiger partial charge is 0.309 e. The van der Waals surface area contributed by atoms with Gasteiger partial charge in [-0.2, -0.15) is 0 Å². The van der Waals surface area contributed by atoms with Gasteiger partial charge >= 0.3 is 0 Å². The summed E-state index contributed by atoms with van der Waals surface area (Å²) in [5, 5.41) is 3.21. The van der Waals surface area contributed by atoms with Crippen LogP contribution in [0.5, 0.6) is 0 Å². The van der Waals surface area contributed by atoms with E-state index in [-0.39, 0.29) is 0 Å². The Hall–Kier alpha value is -0.0100. The zero-order chi connectivity index (χ0) is 15.0. The van der Waals surface area contributed by atoms with Gasteiger partial charge in [-0.1, -0.05) is 23.4 Å². The molecule has 2 aliphatic heterocycles. The standard InChI is InChI=1S/C14H21ClN4S2/c1-18(2)6-7-20-14-16-12(15)11-9-4-5-19(3)8-10(9)21-13(11)17-14/h9-10H,4-8H2,1-3H3. The van der Waals surface area contributed by atoms with E-state index >= 15 is 0 Å². The quantitative estimate of drug-likeness (QED) is 0.474. The number of aromatic nitrogens is 2. The number of nitrogens with zero attached hydrogens (tertiary/aromatic N) is 4. The van der Waals surface area contributed by atoms with Gasteiger partial charge in [-0.15, -0.1) is 11.8 Å². The summed E-state index contributed by atoms with van der Waals surface area (Å²) in [5.74, 6) is 1.53. The van der Waals surface area contributed by atoms with Crippen molar-refractivity contribution in [1.82, 2.24) is 19.8 Å². The molecule has 0 spiro atoms. The minimum Gasteiger partial charge on any atom is -0.309 e. The first-order chi connectivity index (χ1) is 10.0. The summed E-state index contributed by atoms with van der Waals surface area (Å²) in [6, 6.07) is 0. The van der Waals surface area contributed by atoms with Gasteiger partial charge in [-0.3, -0.25) is 0 Å². The molecule has 2 unspecified atom stereocenters. The van der Waals surface area contributed by atoms with Crippen LogP contribution in [0.15, 0.2) is 10.2 Å². The first-order valence-electron chi connectivity index (χ1n) is 7.24. The predicted octanol–water partition coefficient (Wildman–Crippen LogP) is 2.68. The minimum absolute atomic E-state index is 0.537. The second-order valence-electron chi connectivity index (χ2n) is 5.98. The molecule has 2 aliphatic rings. The van der Waals surface area contributed by atoms with Crippen LogP contribution in [0.2, 0.25) is 5.15 Å². The Balaban J connectivity index is 1.76. The van der Waals surface area contributed by atoms with E-state index in [1.54, 1.807) is 11.8 Å². The van der Waals surface area contributed by atoms with Gasteiger partial charge in [0.2, 0.25) is 0 Å². The maximum atomic E-state index is 6.47. The summed E-state index contributed by atoms with van der Waals surface area (Å²) in [6.45, 7) is 3.27. The number of halogens is 1. The lowest BCUT2D eigenvalue weighted by molar-refractivity contribution is 0.264. The third kappa shape index (κ3) is 3.50. The van der Waals surface area contributed by atoms with Crippen LogP contribution in [-0.2, 0) is 0 Å². The van der Waals surface area contributed by atoms with Crippen LogP contribution in [0, 0.1) is 0 Å². The second-order valence-corrected chi connectivity index (χ2v) is 8.63. The Kier molecular flexibility index (Phi) is 5.01. The third-order valence-corrected chi connectivity index (χ3v) is 6.44. The normalized spacial score (nSPS) is 25.2. The van der Waals surface area contributed by atoms with Gasteiger partial charge in [0.1, 0.15) is 10.2 Å². The number of hydrogen-bond donors (Lipinski definition) is 0. The first-order valence-corrected chi connectivity index (χ1v) is 9.49. The van der Waals surface area contributed by atoms with Gasteiger partial charge < -0.3 is 9.80 Å². The number of rotatable bonds is 4. The third-order valence-electron chi connectivity index (χ3n) is 4.01. The molecule has 0 amide bonds. The fourth-order valence-electron chi connectivity index (χ4n) is 2.85. The Bertz CT molecular complexity index is 526. The van der Waals surface area contributed by atoms with E-state index in [4.69, 9.17) is 16.6 Å². The molecule has 21 heavy (non-hydrogen) atoms. The maximum Gasteiger partial charge on any atom is 0.190 e. The molecule has 0 aromatic carbocycles. The number of fused-ring (bicyclic) bond motifs is 3. The molecule has 0 radical (unpaired) electrons. The van der Waals surface area contributed by atoms with Crippen LogP contribution in [-0.4, -0.2) is 71.5 Å². The van der Waals surface area contributed by atoms with Crippen LogP contribution >= 0.6 is 35.1 Å². The van der Waals surface area contributed by atoms with E-state index in [2.05, 4.69) is 35.9 Å². The molecule has 0 aliphatic carbocycles. The summed E-state index contributed by atoms with van der Waals surface area (Å²) < 4.78 is 0. The Labute approximate surface area is 140 Å². The molecule has 0 bridgehead atoms. The fraction of sp³-hybridized carbons (Fsp3) is 0.714. The van der Waals surface area contributed by atoms with E-state index in [1.807, 2.05) is 11.8 Å².